The van der Waals surface area contributed by atoms with Crippen LogP contribution in [0.1, 0.15) is 32.1 Å². The molecule has 108 valence electrons. The zero-order valence-electron chi connectivity index (χ0n) is 11.3. The van der Waals surface area contributed by atoms with E-state index in [2.05, 4.69) is 5.92 Å². The molecule has 1 saturated carbocycles. The zero-order valence-corrected chi connectivity index (χ0v) is 12.8. The minimum atomic E-state index is -3.58. The predicted octanol–water partition coefficient (Wildman–Crippen LogP) is 3.30. The summed E-state index contributed by atoms with van der Waals surface area (Å²) in [5.41, 5.74) is 0. The van der Waals surface area contributed by atoms with E-state index in [1.54, 1.807) is 18.2 Å². The summed E-state index contributed by atoms with van der Waals surface area (Å²) in [5.74, 6) is 2.47. The van der Waals surface area contributed by atoms with Gasteiger partial charge in [-0.2, -0.15) is 4.31 Å². The van der Waals surface area contributed by atoms with Gasteiger partial charge in [-0.05, 0) is 31.0 Å². The summed E-state index contributed by atoms with van der Waals surface area (Å²) in [4.78, 5) is 0.214. The van der Waals surface area contributed by atoms with Crippen LogP contribution in [0.25, 0.3) is 0 Å². The minimum Gasteiger partial charge on any atom is -0.207 e. The Labute approximate surface area is 126 Å². The Morgan fingerprint density at radius 1 is 1.30 bits per heavy atom. The fraction of sp³-hybridized carbons (Fsp3) is 0.467. The molecule has 0 amide bonds. The number of rotatable bonds is 4. The summed E-state index contributed by atoms with van der Waals surface area (Å²) in [6, 6.07) is 6.34. The molecule has 2 rings (SSSR count). The highest BCUT2D eigenvalue weighted by Gasteiger charge is 2.31. The Kier molecular flexibility index (Phi) is 5.09. The smallest absolute Gasteiger partial charge is 0.207 e. The van der Waals surface area contributed by atoms with E-state index in [9.17, 15) is 8.42 Å². The van der Waals surface area contributed by atoms with Gasteiger partial charge in [0.1, 0.15) is 0 Å². The minimum absolute atomic E-state index is 0.00350. The van der Waals surface area contributed by atoms with Crippen LogP contribution in [0.4, 0.5) is 0 Å². The fourth-order valence-corrected chi connectivity index (χ4v) is 4.53. The number of nitrogens with zero attached hydrogens (tertiary/aromatic N) is 1. The first kappa shape index (κ1) is 15.4. The van der Waals surface area contributed by atoms with Crippen LogP contribution in [0.15, 0.2) is 29.2 Å². The first-order valence-corrected chi connectivity index (χ1v) is 8.58. The average Bonchev–Trinajstić information content (AvgIpc) is 2.45. The van der Waals surface area contributed by atoms with Crippen molar-refractivity contribution in [1.29, 1.82) is 0 Å². The molecule has 20 heavy (non-hydrogen) atoms. The molecule has 0 saturated heterocycles. The molecule has 1 fully saturated rings. The lowest BCUT2D eigenvalue weighted by Gasteiger charge is -2.32. The monoisotopic (exact) mass is 311 g/mol. The van der Waals surface area contributed by atoms with Gasteiger partial charge in [-0.15, -0.1) is 6.42 Å². The molecule has 3 nitrogen and oxygen atoms in total. The molecule has 0 aromatic heterocycles. The molecule has 0 spiro atoms. The van der Waals surface area contributed by atoms with Gasteiger partial charge >= 0.3 is 0 Å². The van der Waals surface area contributed by atoms with Crippen molar-refractivity contribution in [2.75, 3.05) is 6.54 Å². The number of sulfonamides is 1. The topological polar surface area (TPSA) is 37.4 Å². The van der Waals surface area contributed by atoms with Crippen LogP contribution in [0.5, 0.6) is 0 Å². The van der Waals surface area contributed by atoms with E-state index >= 15 is 0 Å². The van der Waals surface area contributed by atoms with E-state index in [4.69, 9.17) is 18.0 Å². The third-order valence-electron chi connectivity index (χ3n) is 3.63. The maximum absolute atomic E-state index is 12.7. The number of halogens is 1. The molecule has 0 aliphatic heterocycles. The third-order valence-corrected chi connectivity index (χ3v) is 5.76. The van der Waals surface area contributed by atoms with Gasteiger partial charge in [-0.25, -0.2) is 8.42 Å². The van der Waals surface area contributed by atoms with Crippen LogP contribution in [0, 0.1) is 12.3 Å². The van der Waals surface area contributed by atoms with Gasteiger partial charge in [-0.1, -0.05) is 42.9 Å². The molecule has 5 heteroatoms. The summed E-state index contributed by atoms with van der Waals surface area (Å²) in [6.45, 7) is 0.111. The highest BCUT2D eigenvalue weighted by Crippen LogP contribution is 2.28. The molecule has 1 aliphatic rings. The molecule has 0 unspecified atom stereocenters. The Morgan fingerprint density at radius 2 is 2.00 bits per heavy atom. The Morgan fingerprint density at radius 3 is 2.60 bits per heavy atom. The molecular weight excluding hydrogens is 294 g/mol. The average molecular weight is 312 g/mol. The number of terminal acetylenes is 1. The van der Waals surface area contributed by atoms with Crippen molar-refractivity contribution >= 4 is 21.6 Å². The second-order valence-corrected chi connectivity index (χ2v) is 7.33. The molecule has 0 heterocycles. The molecule has 0 atom stereocenters. The van der Waals surface area contributed by atoms with E-state index < -0.39 is 10.0 Å². The molecule has 1 aromatic carbocycles. The Balaban J connectivity index is 2.34. The molecule has 0 bridgehead atoms. The normalized spacial score (nSPS) is 17.1. The number of hydrogen-bond acceptors (Lipinski definition) is 2. The molecule has 0 radical (unpaired) electrons. The largest absolute Gasteiger partial charge is 0.244 e. The van der Waals surface area contributed by atoms with Crippen molar-refractivity contribution in [3.63, 3.8) is 0 Å². The van der Waals surface area contributed by atoms with Crippen LogP contribution in [-0.4, -0.2) is 25.3 Å². The van der Waals surface area contributed by atoms with Crippen LogP contribution >= 0.6 is 11.6 Å². The number of benzene rings is 1. The highest BCUT2D eigenvalue weighted by atomic mass is 35.5. The van der Waals surface area contributed by atoms with E-state index in [1.165, 1.54) is 10.4 Å². The summed E-state index contributed by atoms with van der Waals surface area (Å²) < 4.78 is 26.9. The van der Waals surface area contributed by atoms with Gasteiger partial charge in [0.2, 0.25) is 10.0 Å². The van der Waals surface area contributed by atoms with Crippen molar-refractivity contribution < 1.29 is 8.42 Å². The summed E-state index contributed by atoms with van der Waals surface area (Å²) in [5, 5.41) is 0.412. The van der Waals surface area contributed by atoms with Crippen molar-refractivity contribution in [1.82, 2.24) is 4.31 Å². The van der Waals surface area contributed by atoms with Crippen LogP contribution < -0.4 is 0 Å². The molecule has 1 aliphatic carbocycles. The fourth-order valence-electron chi connectivity index (χ4n) is 2.63. The highest BCUT2D eigenvalue weighted by molar-refractivity contribution is 7.89. The Hall–Kier alpha value is -1.02. The summed E-state index contributed by atoms with van der Waals surface area (Å²) in [6.07, 6.45) is 10.4. The third kappa shape index (κ3) is 3.35. The lowest BCUT2D eigenvalue weighted by atomic mass is 9.95. The lowest BCUT2D eigenvalue weighted by molar-refractivity contribution is 0.271. The predicted molar refractivity (Wildman–Crippen MR) is 81.0 cm³/mol. The summed E-state index contributed by atoms with van der Waals surface area (Å²) in [7, 11) is -3.58. The van der Waals surface area contributed by atoms with Gasteiger partial charge in [-0.3, -0.25) is 0 Å². The van der Waals surface area contributed by atoms with E-state index in [0.717, 1.165) is 32.1 Å². The maximum atomic E-state index is 12.7. The quantitative estimate of drug-likeness (QED) is 0.800. The van der Waals surface area contributed by atoms with E-state index in [-0.39, 0.29) is 17.5 Å². The van der Waals surface area contributed by atoms with Gasteiger partial charge < -0.3 is 0 Å². The zero-order chi connectivity index (χ0) is 14.6. The van der Waals surface area contributed by atoms with Gasteiger partial charge in [0.25, 0.3) is 0 Å². The van der Waals surface area contributed by atoms with Crippen molar-refractivity contribution in [3.05, 3.63) is 29.3 Å². The SMILES string of the molecule is C#CCN(C1CCCCC1)S(=O)(=O)c1cccc(Cl)c1. The summed E-state index contributed by atoms with van der Waals surface area (Å²) >= 11 is 5.90. The molecule has 1 aromatic rings. The van der Waals surface area contributed by atoms with E-state index in [0.29, 0.717) is 5.02 Å². The maximum Gasteiger partial charge on any atom is 0.244 e. The first-order valence-electron chi connectivity index (χ1n) is 6.76. The molecular formula is C15H18ClNO2S. The lowest BCUT2D eigenvalue weighted by Crippen LogP contribution is -2.41. The van der Waals surface area contributed by atoms with Crippen molar-refractivity contribution in [2.24, 2.45) is 0 Å². The van der Waals surface area contributed by atoms with Crippen LogP contribution in [0.3, 0.4) is 0 Å². The molecule has 0 N–H and O–H groups in total. The van der Waals surface area contributed by atoms with Crippen molar-refractivity contribution in [3.8, 4) is 12.3 Å². The van der Waals surface area contributed by atoms with Gasteiger partial charge in [0.15, 0.2) is 0 Å². The van der Waals surface area contributed by atoms with Gasteiger partial charge in [0, 0.05) is 11.1 Å². The first-order chi connectivity index (χ1) is 9.55. The van der Waals surface area contributed by atoms with Gasteiger partial charge in [0.05, 0.1) is 11.4 Å². The number of hydrogen-bond donors (Lipinski definition) is 0. The van der Waals surface area contributed by atoms with Crippen molar-refractivity contribution in [2.45, 2.75) is 43.0 Å². The van der Waals surface area contributed by atoms with Crippen LogP contribution in [0.2, 0.25) is 5.02 Å². The van der Waals surface area contributed by atoms with Crippen LogP contribution in [-0.2, 0) is 10.0 Å². The second kappa shape index (κ2) is 6.62. The van der Waals surface area contributed by atoms with E-state index in [1.807, 2.05) is 0 Å². The standard InChI is InChI=1S/C15H18ClNO2S/c1-2-11-17(14-8-4-3-5-9-14)20(18,19)15-10-6-7-13(16)12-15/h1,6-7,10,12,14H,3-5,8-9,11H2. The second-order valence-electron chi connectivity index (χ2n) is 5.00. The Bertz CT molecular complexity index is 601.